The molecule has 0 aliphatic heterocycles. The average Bonchev–Trinajstić information content (AvgIpc) is 2.23. The summed E-state index contributed by atoms with van der Waals surface area (Å²) in [6, 6.07) is 3.43. The largest absolute Gasteiger partial charge is 0.550 e. The van der Waals surface area contributed by atoms with Gasteiger partial charge < -0.3 is 15.2 Å². The second kappa shape index (κ2) is 6.51. The summed E-state index contributed by atoms with van der Waals surface area (Å²) in [5, 5.41) is 12.8. The lowest BCUT2D eigenvalue weighted by molar-refractivity contribution is -0.305. The molecule has 0 aromatic heterocycles. The first kappa shape index (κ1) is 14.7. The first-order chi connectivity index (χ1) is 7.90. The van der Waals surface area contributed by atoms with E-state index in [9.17, 15) is 14.7 Å². The number of anilines is 1. The number of hydrogen-bond donors (Lipinski definition) is 1. The van der Waals surface area contributed by atoms with Gasteiger partial charge in [0.1, 0.15) is 0 Å². The van der Waals surface area contributed by atoms with Crippen LogP contribution in [0.2, 0.25) is 0 Å². The third-order valence-corrected chi connectivity index (χ3v) is 4.99. The zero-order valence-electron chi connectivity index (χ0n) is 8.43. The van der Waals surface area contributed by atoms with Crippen LogP contribution >= 0.6 is 47.8 Å². The Hall–Kier alpha value is -0.400. The Bertz CT molecular complexity index is 439. The van der Waals surface area contributed by atoms with Crippen LogP contribution in [0, 0.1) is 0 Å². The number of benzene rings is 1. The number of halogens is 3. The van der Waals surface area contributed by atoms with Crippen LogP contribution in [0.3, 0.4) is 0 Å². The van der Waals surface area contributed by atoms with Crippen LogP contribution in [0.15, 0.2) is 25.6 Å². The number of rotatable bonds is 4. The molecule has 0 saturated heterocycles. The standard InChI is InChI=1S/C10H8Br3NO3/c11-6-3-5(4-7(12)10(6)13)14-8(15)1-2-9(16)17/h3-4H,1-2H2,(H,14,15)(H,16,17)/p-1. The summed E-state index contributed by atoms with van der Waals surface area (Å²) in [5.74, 6) is -1.60. The van der Waals surface area contributed by atoms with Gasteiger partial charge in [0.2, 0.25) is 5.91 Å². The minimum absolute atomic E-state index is 0.104. The highest BCUT2D eigenvalue weighted by molar-refractivity contribution is 9.14. The molecule has 0 bridgehead atoms. The van der Waals surface area contributed by atoms with Crippen molar-refractivity contribution in [3.8, 4) is 0 Å². The number of aliphatic carboxylic acids is 1. The first-order valence-electron chi connectivity index (χ1n) is 4.54. The van der Waals surface area contributed by atoms with Crippen LogP contribution in [-0.2, 0) is 9.59 Å². The van der Waals surface area contributed by atoms with Crippen molar-refractivity contribution < 1.29 is 14.7 Å². The molecular formula is C10H7Br3NO3-. The first-order valence-corrected chi connectivity index (χ1v) is 6.92. The molecule has 7 heteroatoms. The van der Waals surface area contributed by atoms with Crippen LogP contribution in [0.25, 0.3) is 0 Å². The fraction of sp³-hybridized carbons (Fsp3) is 0.200. The quantitative estimate of drug-likeness (QED) is 0.749. The van der Waals surface area contributed by atoms with Crippen LogP contribution in [-0.4, -0.2) is 11.9 Å². The van der Waals surface area contributed by atoms with Gasteiger partial charge in [-0.1, -0.05) is 0 Å². The summed E-state index contributed by atoms with van der Waals surface area (Å²) < 4.78 is 2.40. The van der Waals surface area contributed by atoms with Gasteiger partial charge in [0.25, 0.3) is 0 Å². The van der Waals surface area contributed by atoms with Crippen molar-refractivity contribution in [2.75, 3.05) is 5.32 Å². The molecule has 17 heavy (non-hydrogen) atoms. The Morgan fingerprint density at radius 3 is 2.12 bits per heavy atom. The lowest BCUT2D eigenvalue weighted by atomic mass is 10.2. The Labute approximate surface area is 123 Å². The summed E-state index contributed by atoms with van der Waals surface area (Å²) in [5.41, 5.74) is 0.579. The van der Waals surface area contributed by atoms with Gasteiger partial charge in [0, 0.05) is 31.5 Å². The van der Waals surface area contributed by atoms with E-state index in [1.807, 2.05) is 0 Å². The van der Waals surface area contributed by atoms with Crippen molar-refractivity contribution in [1.82, 2.24) is 0 Å². The van der Waals surface area contributed by atoms with E-state index >= 15 is 0 Å². The number of carboxylic acids is 1. The highest BCUT2D eigenvalue weighted by Crippen LogP contribution is 2.34. The fourth-order valence-electron chi connectivity index (χ4n) is 1.07. The van der Waals surface area contributed by atoms with Crippen molar-refractivity contribution in [1.29, 1.82) is 0 Å². The molecule has 0 spiro atoms. The maximum atomic E-state index is 11.4. The summed E-state index contributed by atoms with van der Waals surface area (Å²) in [4.78, 5) is 21.6. The molecule has 0 saturated carbocycles. The minimum atomic E-state index is -1.24. The van der Waals surface area contributed by atoms with E-state index in [4.69, 9.17) is 0 Å². The van der Waals surface area contributed by atoms with E-state index in [2.05, 4.69) is 53.1 Å². The van der Waals surface area contributed by atoms with Crippen molar-refractivity contribution in [3.05, 3.63) is 25.6 Å². The average molecular weight is 429 g/mol. The molecule has 1 amide bonds. The molecule has 0 unspecified atom stereocenters. The predicted octanol–water partition coefficient (Wildman–Crippen LogP) is 2.44. The maximum absolute atomic E-state index is 11.4. The number of hydrogen-bond acceptors (Lipinski definition) is 3. The molecule has 0 heterocycles. The summed E-state index contributed by atoms with van der Waals surface area (Å²) in [7, 11) is 0. The number of carboxylic acid groups (broad SMARTS) is 1. The fourth-order valence-corrected chi connectivity index (χ4v) is 2.48. The minimum Gasteiger partial charge on any atom is -0.550 e. The number of carbonyl (C=O) groups is 2. The van der Waals surface area contributed by atoms with Crippen molar-refractivity contribution in [2.24, 2.45) is 0 Å². The monoisotopic (exact) mass is 426 g/mol. The van der Waals surface area contributed by atoms with Crippen molar-refractivity contribution >= 4 is 65.4 Å². The van der Waals surface area contributed by atoms with Gasteiger partial charge >= 0.3 is 0 Å². The topological polar surface area (TPSA) is 69.2 Å². The third kappa shape index (κ3) is 4.77. The molecule has 4 nitrogen and oxygen atoms in total. The third-order valence-electron chi connectivity index (χ3n) is 1.82. The smallest absolute Gasteiger partial charge is 0.224 e. The lowest BCUT2D eigenvalue weighted by Crippen LogP contribution is -2.24. The zero-order valence-corrected chi connectivity index (χ0v) is 13.2. The van der Waals surface area contributed by atoms with Gasteiger partial charge in [-0.3, -0.25) is 4.79 Å². The van der Waals surface area contributed by atoms with Gasteiger partial charge in [-0.15, -0.1) is 0 Å². The van der Waals surface area contributed by atoms with Crippen molar-refractivity contribution in [3.63, 3.8) is 0 Å². The molecule has 0 atom stereocenters. The number of nitrogens with one attached hydrogen (secondary N) is 1. The SMILES string of the molecule is O=C([O-])CCC(=O)Nc1cc(Br)c(Br)c(Br)c1. The van der Waals surface area contributed by atoms with E-state index in [-0.39, 0.29) is 18.7 Å². The van der Waals surface area contributed by atoms with Crippen molar-refractivity contribution in [2.45, 2.75) is 12.8 Å². The van der Waals surface area contributed by atoms with Gasteiger partial charge in [-0.2, -0.15) is 0 Å². The maximum Gasteiger partial charge on any atom is 0.224 e. The summed E-state index contributed by atoms with van der Waals surface area (Å²) in [6.07, 6.45) is -0.391. The molecule has 0 aliphatic rings. The molecule has 0 fully saturated rings. The highest BCUT2D eigenvalue weighted by Gasteiger charge is 2.07. The normalized spacial score (nSPS) is 10.1. The van der Waals surface area contributed by atoms with E-state index in [1.54, 1.807) is 12.1 Å². The summed E-state index contributed by atoms with van der Waals surface area (Å²) in [6.45, 7) is 0. The molecule has 0 radical (unpaired) electrons. The Balaban J connectivity index is 2.69. The van der Waals surface area contributed by atoms with Crippen LogP contribution in [0.5, 0.6) is 0 Å². The van der Waals surface area contributed by atoms with Gasteiger partial charge in [0.05, 0.1) is 0 Å². The van der Waals surface area contributed by atoms with Gasteiger partial charge in [-0.25, -0.2) is 0 Å². The Morgan fingerprint density at radius 1 is 1.12 bits per heavy atom. The van der Waals surface area contributed by atoms with Crippen LogP contribution < -0.4 is 10.4 Å². The number of amides is 1. The predicted molar refractivity (Wildman–Crippen MR) is 72.4 cm³/mol. The molecular weight excluding hydrogens is 422 g/mol. The zero-order chi connectivity index (χ0) is 13.0. The molecule has 1 N–H and O–H groups in total. The second-order valence-corrected chi connectivity index (χ2v) is 5.68. The molecule has 1 aromatic rings. The van der Waals surface area contributed by atoms with Gasteiger partial charge in [-0.05, 0) is 66.3 Å². The van der Waals surface area contributed by atoms with E-state index in [0.717, 1.165) is 13.4 Å². The van der Waals surface area contributed by atoms with Crippen LogP contribution in [0.4, 0.5) is 5.69 Å². The summed E-state index contributed by atoms with van der Waals surface area (Å²) >= 11 is 9.97. The lowest BCUT2D eigenvalue weighted by Gasteiger charge is -2.08. The van der Waals surface area contributed by atoms with E-state index in [0.29, 0.717) is 5.69 Å². The van der Waals surface area contributed by atoms with E-state index in [1.165, 1.54) is 0 Å². The highest BCUT2D eigenvalue weighted by atomic mass is 79.9. The van der Waals surface area contributed by atoms with Gasteiger partial charge in [0.15, 0.2) is 0 Å². The van der Waals surface area contributed by atoms with E-state index < -0.39 is 5.97 Å². The molecule has 92 valence electrons. The molecule has 1 rings (SSSR count). The van der Waals surface area contributed by atoms with Crippen LogP contribution in [0.1, 0.15) is 12.8 Å². The second-order valence-electron chi connectivity index (χ2n) is 3.17. The Morgan fingerprint density at radius 2 is 1.65 bits per heavy atom. The Kier molecular flexibility index (Phi) is 5.61. The molecule has 0 aliphatic carbocycles. The number of carbonyl (C=O) groups excluding carboxylic acids is 2. The molecule has 1 aromatic carbocycles.